The highest BCUT2D eigenvalue weighted by Gasteiger charge is 2.20. The van der Waals surface area contributed by atoms with E-state index < -0.39 is 5.91 Å². The Balaban J connectivity index is 1.52. The molecule has 7 nitrogen and oxygen atoms in total. The molecule has 0 bridgehead atoms. The maximum Gasteiger partial charge on any atom is 0.266 e. The molecule has 0 aliphatic carbocycles. The fourth-order valence-corrected chi connectivity index (χ4v) is 3.72. The summed E-state index contributed by atoms with van der Waals surface area (Å²) in [7, 11) is 0. The van der Waals surface area contributed by atoms with Crippen molar-refractivity contribution in [3.05, 3.63) is 46.8 Å². The number of benzene rings is 1. The number of nitriles is 1. The fraction of sp³-hybridized carbons (Fsp3) is 0.364. The maximum atomic E-state index is 12.6. The smallest absolute Gasteiger partial charge is 0.266 e. The average molecular weight is 393 g/mol. The summed E-state index contributed by atoms with van der Waals surface area (Å²) >= 11 is 0. The third-order valence-electron chi connectivity index (χ3n) is 5.32. The van der Waals surface area contributed by atoms with Crippen LogP contribution in [0.15, 0.2) is 29.8 Å². The van der Waals surface area contributed by atoms with Crippen molar-refractivity contribution in [2.24, 2.45) is 0 Å². The Morgan fingerprint density at radius 2 is 2.14 bits per heavy atom. The lowest BCUT2D eigenvalue weighted by Gasteiger charge is -2.14. The minimum Gasteiger partial charge on any atom is -0.454 e. The van der Waals surface area contributed by atoms with Gasteiger partial charge >= 0.3 is 0 Å². The minimum absolute atomic E-state index is 0.0417. The summed E-state index contributed by atoms with van der Waals surface area (Å²) in [6.45, 7) is 5.79. The Kier molecular flexibility index (Phi) is 5.28. The van der Waals surface area contributed by atoms with Crippen molar-refractivity contribution in [3.8, 4) is 17.6 Å². The van der Waals surface area contributed by atoms with Crippen LogP contribution in [0.4, 0.5) is 5.69 Å². The van der Waals surface area contributed by atoms with Crippen LogP contribution < -0.4 is 14.8 Å². The molecule has 0 saturated carbocycles. The molecule has 1 atom stereocenters. The maximum absolute atomic E-state index is 12.6. The van der Waals surface area contributed by atoms with Gasteiger partial charge < -0.3 is 24.1 Å². The Morgan fingerprint density at radius 1 is 1.31 bits per heavy atom. The molecule has 1 aromatic heterocycles. The van der Waals surface area contributed by atoms with Crippen LogP contribution in [0.3, 0.4) is 0 Å². The highest BCUT2D eigenvalue weighted by Crippen LogP contribution is 2.34. The predicted octanol–water partition coefficient (Wildman–Crippen LogP) is 3.56. The number of aryl methyl sites for hydroxylation is 1. The molecule has 2 aliphatic rings. The molecule has 150 valence electrons. The lowest BCUT2D eigenvalue weighted by molar-refractivity contribution is -0.112. The van der Waals surface area contributed by atoms with Gasteiger partial charge in [-0.2, -0.15) is 5.26 Å². The van der Waals surface area contributed by atoms with Crippen LogP contribution in [0.25, 0.3) is 6.08 Å². The molecule has 1 saturated heterocycles. The van der Waals surface area contributed by atoms with Crippen LogP contribution in [-0.4, -0.2) is 30.0 Å². The van der Waals surface area contributed by atoms with E-state index in [1.54, 1.807) is 24.3 Å². The quantitative estimate of drug-likeness (QED) is 0.620. The van der Waals surface area contributed by atoms with Crippen LogP contribution >= 0.6 is 0 Å². The van der Waals surface area contributed by atoms with Gasteiger partial charge in [0.25, 0.3) is 5.91 Å². The summed E-state index contributed by atoms with van der Waals surface area (Å²) in [5.74, 6) is 0.746. The molecule has 4 rings (SSSR count). The molecule has 2 aliphatic heterocycles. The topological polar surface area (TPSA) is 85.5 Å². The van der Waals surface area contributed by atoms with Crippen molar-refractivity contribution in [1.29, 1.82) is 5.26 Å². The summed E-state index contributed by atoms with van der Waals surface area (Å²) in [4.78, 5) is 12.6. The first kappa shape index (κ1) is 19.1. The van der Waals surface area contributed by atoms with Crippen molar-refractivity contribution < 1.29 is 19.0 Å². The zero-order chi connectivity index (χ0) is 20.4. The van der Waals surface area contributed by atoms with E-state index in [0.717, 1.165) is 42.9 Å². The monoisotopic (exact) mass is 393 g/mol. The lowest BCUT2D eigenvalue weighted by atomic mass is 10.1. The van der Waals surface area contributed by atoms with Crippen molar-refractivity contribution in [2.75, 3.05) is 18.7 Å². The van der Waals surface area contributed by atoms with Crippen LogP contribution in [0.5, 0.6) is 11.5 Å². The van der Waals surface area contributed by atoms with E-state index in [1.807, 2.05) is 26.0 Å². The number of hydrogen-bond donors (Lipinski definition) is 1. The molecule has 2 aromatic rings. The largest absolute Gasteiger partial charge is 0.454 e. The average Bonchev–Trinajstić information content (AvgIpc) is 3.44. The summed E-state index contributed by atoms with van der Waals surface area (Å²) in [5, 5.41) is 12.3. The zero-order valence-corrected chi connectivity index (χ0v) is 16.5. The number of anilines is 1. The zero-order valence-electron chi connectivity index (χ0n) is 16.5. The van der Waals surface area contributed by atoms with Crippen molar-refractivity contribution in [3.63, 3.8) is 0 Å². The number of rotatable bonds is 5. The lowest BCUT2D eigenvalue weighted by Crippen LogP contribution is -2.17. The number of hydrogen-bond acceptors (Lipinski definition) is 5. The first-order valence-corrected chi connectivity index (χ1v) is 9.66. The first-order chi connectivity index (χ1) is 14.0. The van der Waals surface area contributed by atoms with Gasteiger partial charge in [0, 0.05) is 36.3 Å². The number of ether oxygens (including phenoxy) is 3. The number of nitrogens with one attached hydrogen (secondary N) is 1. The first-order valence-electron chi connectivity index (χ1n) is 9.66. The van der Waals surface area contributed by atoms with E-state index in [2.05, 4.69) is 9.88 Å². The summed E-state index contributed by atoms with van der Waals surface area (Å²) < 4.78 is 18.5. The van der Waals surface area contributed by atoms with Gasteiger partial charge in [0.2, 0.25) is 6.79 Å². The predicted molar refractivity (Wildman–Crippen MR) is 108 cm³/mol. The molecular weight excluding hydrogens is 370 g/mol. The minimum atomic E-state index is -0.463. The second-order valence-corrected chi connectivity index (χ2v) is 7.26. The number of fused-ring (bicyclic) bond motifs is 1. The number of aromatic nitrogens is 1. The van der Waals surface area contributed by atoms with Gasteiger partial charge in [-0.05, 0) is 56.5 Å². The Bertz CT molecular complexity index is 1010. The van der Waals surface area contributed by atoms with Gasteiger partial charge in [0.05, 0.1) is 6.10 Å². The number of amides is 1. The molecule has 3 heterocycles. The van der Waals surface area contributed by atoms with Gasteiger partial charge in [-0.1, -0.05) is 0 Å². The van der Waals surface area contributed by atoms with Gasteiger partial charge in [-0.25, -0.2) is 0 Å². The third-order valence-corrected chi connectivity index (χ3v) is 5.32. The number of nitrogens with zero attached hydrogens (tertiary/aromatic N) is 2. The van der Waals surface area contributed by atoms with E-state index in [9.17, 15) is 10.1 Å². The molecule has 1 unspecified atom stereocenters. The van der Waals surface area contributed by atoms with Crippen LogP contribution in [-0.2, 0) is 16.1 Å². The molecule has 1 aromatic carbocycles. The summed E-state index contributed by atoms with van der Waals surface area (Å²) in [6, 6.07) is 9.13. The number of carbonyl (C=O) groups excluding carboxylic acids is 1. The molecule has 0 radical (unpaired) electrons. The standard InChI is InChI=1S/C22H23N3O4/c1-14-8-16(15(2)25(14)12-19-4-3-7-27-19)9-17(11-23)22(26)24-18-5-6-20-21(10-18)29-13-28-20/h5-6,8-10,19H,3-4,7,12-13H2,1-2H3,(H,24,26)/b17-9+. The Labute approximate surface area is 169 Å². The SMILES string of the molecule is Cc1cc(/C=C(\C#N)C(=O)Nc2ccc3c(c2)OCO3)c(C)n1CC1CCCO1. The molecule has 1 fully saturated rings. The Hall–Kier alpha value is -3.24. The summed E-state index contributed by atoms with van der Waals surface area (Å²) in [5.41, 5.74) is 3.54. The molecule has 0 spiro atoms. The van der Waals surface area contributed by atoms with Crippen molar-refractivity contribution in [2.45, 2.75) is 39.3 Å². The molecule has 1 amide bonds. The van der Waals surface area contributed by atoms with Crippen LogP contribution in [0.2, 0.25) is 0 Å². The van der Waals surface area contributed by atoms with Crippen LogP contribution in [0.1, 0.15) is 29.8 Å². The van der Waals surface area contributed by atoms with Gasteiger partial charge in [0.15, 0.2) is 11.5 Å². The highest BCUT2D eigenvalue weighted by atomic mass is 16.7. The highest BCUT2D eigenvalue weighted by molar-refractivity contribution is 6.09. The second-order valence-electron chi connectivity index (χ2n) is 7.26. The van der Waals surface area contributed by atoms with Crippen LogP contribution in [0, 0.1) is 25.2 Å². The molecule has 1 N–H and O–H groups in total. The van der Waals surface area contributed by atoms with E-state index in [0.29, 0.717) is 17.2 Å². The molecular formula is C22H23N3O4. The van der Waals surface area contributed by atoms with E-state index in [1.165, 1.54) is 0 Å². The van der Waals surface area contributed by atoms with E-state index >= 15 is 0 Å². The second kappa shape index (κ2) is 8.02. The molecule has 7 heteroatoms. The van der Waals surface area contributed by atoms with Gasteiger partial charge in [0.1, 0.15) is 11.6 Å². The van der Waals surface area contributed by atoms with Gasteiger partial charge in [-0.15, -0.1) is 0 Å². The number of carbonyl (C=O) groups is 1. The van der Waals surface area contributed by atoms with Crippen molar-refractivity contribution in [1.82, 2.24) is 4.57 Å². The third kappa shape index (κ3) is 3.98. The van der Waals surface area contributed by atoms with E-state index in [4.69, 9.17) is 14.2 Å². The summed E-state index contributed by atoms with van der Waals surface area (Å²) in [6.07, 6.45) is 4.01. The normalized spacial score (nSPS) is 18.0. The van der Waals surface area contributed by atoms with E-state index in [-0.39, 0.29) is 18.5 Å². The van der Waals surface area contributed by atoms with Gasteiger partial charge in [-0.3, -0.25) is 4.79 Å². The Morgan fingerprint density at radius 3 is 2.90 bits per heavy atom. The van der Waals surface area contributed by atoms with Crippen molar-refractivity contribution >= 4 is 17.7 Å². The fourth-order valence-electron chi connectivity index (χ4n) is 3.72. The molecule has 29 heavy (non-hydrogen) atoms.